The molecule has 0 bridgehead atoms. The topological polar surface area (TPSA) is 32.3 Å². The first-order valence-corrected chi connectivity index (χ1v) is 5.90. The Labute approximate surface area is 101 Å². The van der Waals surface area contributed by atoms with Gasteiger partial charge in [0, 0.05) is 31.2 Å². The quantitative estimate of drug-likeness (QED) is 0.803. The summed E-state index contributed by atoms with van der Waals surface area (Å²) in [6.07, 6.45) is 0. The summed E-state index contributed by atoms with van der Waals surface area (Å²) in [6.45, 7) is 5.23. The first-order valence-electron chi connectivity index (χ1n) is 5.90. The fourth-order valence-electron chi connectivity index (χ4n) is 2.03. The van der Waals surface area contributed by atoms with Gasteiger partial charge in [0.1, 0.15) is 5.82 Å². The minimum Gasteiger partial charge on any atom is -0.314 e. The van der Waals surface area contributed by atoms with Gasteiger partial charge < -0.3 is 5.32 Å². The third kappa shape index (κ3) is 3.11. The predicted molar refractivity (Wildman–Crippen MR) is 64.6 cm³/mol. The molecule has 0 spiro atoms. The molecule has 2 rings (SSSR count). The Bertz CT molecular complexity index is 391. The van der Waals surface area contributed by atoms with Crippen molar-refractivity contribution in [1.29, 1.82) is 0 Å². The molecule has 1 aliphatic heterocycles. The van der Waals surface area contributed by atoms with E-state index < -0.39 is 0 Å². The van der Waals surface area contributed by atoms with E-state index in [-0.39, 0.29) is 11.6 Å². The van der Waals surface area contributed by atoms with E-state index in [2.05, 4.69) is 17.1 Å². The van der Waals surface area contributed by atoms with Gasteiger partial charge in [-0.3, -0.25) is 9.69 Å². The van der Waals surface area contributed by atoms with Gasteiger partial charge in [-0.05, 0) is 31.2 Å². The average Bonchev–Trinajstić information content (AvgIpc) is 2.33. The highest BCUT2D eigenvalue weighted by atomic mass is 19.1. The number of hydrogen-bond acceptors (Lipinski definition) is 3. The minimum absolute atomic E-state index is 0.0544. The molecule has 1 aromatic rings. The fraction of sp³-hybridized carbons (Fsp3) is 0.462. The molecule has 17 heavy (non-hydrogen) atoms. The van der Waals surface area contributed by atoms with Crippen molar-refractivity contribution in [3.05, 3.63) is 35.6 Å². The van der Waals surface area contributed by atoms with Gasteiger partial charge in [-0.2, -0.15) is 0 Å². The van der Waals surface area contributed by atoms with Crippen LogP contribution in [0.5, 0.6) is 0 Å². The van der Waals surface area contributed by atoms with Crippen LogP contribution in [0.1, 0.15) is 17.3 Å². The Balaban J connectivity index is 1.98. The number of Topliss-reactive ketones (excluding diaryl/α,β-unsaturated/α-hetero) is 1. The van der Waals surface area contributed by atoms with Gasteiger partial charge in [0.25, 0.3) is 0 Å². The standard InChI is InChI=1S/C13H17FN2O/c1-10-8-15-6-7-16(10)9-13(17)11-2-4-12(14)5-3-11/h2-5,10,15H,6-9H2,1H3/t10-/m0/s1. The number of hydrogen-bond donors (Lipinski definition) is 1. The van der Waals surface area contributed by atoms with Gasteiger partial charge in [0.05, 0.1) is 6.54 Å². The van der Waals surface area contributed by atoms with Crippen LogP contribution in [0, 0.1) is 5.82 Å². The summed E-state index contributed by atoms with van der Waals surface area (Å²) in [7, 11) is 0. The lowest BCUT2D eigenvalue weighted by Crippen LogP contribution is -2.51. The summed E-state index contributed by atoms with van der Waals surface area (Å²) in [5.74, 6) is -0.254. The van der Waals surface area contributed by atoms with E-state index in [0.717, 1.165) is 19.6 Å². The molecule has 0 saturated carbocycles. The third-order valence-electron chi connectivity index (χ3n) is 3.15. The van der Waals surface area contributed by atoms with Crippen molar-refractivity contribution in [3.8, 4) is 0 Å². The Morgan fingerprint density at radius 2 is 2.18 bits per heavy atom. The number of ketones is 1. The van der Waals surface area contributed by atoms with Crippen LogP contribution in [0.15, 0.2) is 24.3 Å². The predicted octanol–water partition coefficient (Wildman–Crippen LogP) is 1.30. The second-order valence-corrected chi connectivity index (χ2v) is 4.45. The Kier molecular flexibility index (Phi) is 3.86. The van der Waals surface area contributed by atoms with Crippen molar-refractivity contribution in [3.63, 3.8) is 0 Å². The smallest absolute Gasteiger partial charge is 0.176 e. The molecule has 0 radical (unpaired) electrons. The van der Waals surface area contributed by atoms with E-state index >= 15 is 0 Å². The second kappa shape index (κ2) is 5.38. The van der Waals surface area contributed by atoms with Crippen LogP contribution in [0.4, 0.5) is 4.39 Å². The zero-order valence-electron chi connectivity index (χ0n) is 9.95. The maximum Gasteiger partial charge on any atom is 0.176 e. The number of rotatable bonds is 3. The summed E-state index contributed by atoms with van der Waals surface area (Å²) in [5.41, 5.74) is 0.581. The summed E-state index contributed by atoms with van der Waals surface area (Å²) < 4.78 is 12.7. The molecule has 1 N–H and O–H groups in total. The van der Waals surface area contributed by atoms with Crippen LogP contribution in [0.3, 0.4) is 0 Å². The molecule has 0 amide bonds. The van der Waals surface area contributed by atoms with Crippen LogP contribution in [-0.4, -0.2) is 42.9 Å². The number of nitrogens with one attached hydrogen (secondary N) is 1. The van der Waals surface area contributed by atoms with Gasteiger partial charge in [0.15, 0.2) is 5.78 Å². The molecule has 0 aliphatic carbocycles. The highest BCUT2D eigenvalue weighted by Crippen LogP contribution is 2.08. The fourth-order valence-corrected chi connectivity index (χ4v) is 2.03. The number of nitrogens with zero attached hydrogens (tertiary/aromatic N) is 1. The van der Waals surface area contributed by atoms with Crippen LogP contribution < -0.4 is 5.32 Å². The molecule has 0 unspecified atom stereocenters. The zero-order chi connectivity index (χ0) is 12.3. The van der Waals surface area contributed by atoms with E-state index in [1.807, 2.05) is 0 Å². The number of halogens is 1. The van der Waals surface area contributed by atoms with Crippen molar-refractivity contribution < 1.29 is 9.18 Å². The Morgan fingerprint density at radius 1 is 1.47 bits per heavy atom. The molecular weight excluding hydrogens is 219 g/mol. The monoisotopic (exact) mass is 236 g/mol. The van der Waals surface area contributed by atoms with E-state index in [9.17, 15) is 9.18 Å². The van der Waals surface area contributed by atoms with E-state index in [4.69, 9.17) is 0 Å². The molecule has 1 heterocycles. The number of piperazine rings is 1. The maximum atomic E-state index is 12.7. The lowest BCUT2D eigenvalue weighted by molar-refractivity contribution is 0.0875. The normalized spacial score (nSPS) is 21.4. The summed E-state index contributed by atoms with van der Waals surface area (Å²) in [4.78, 5) is 14.1. The number of benzene rings is 1. The molecule has 1 aromatic carbocycles. The highest BCUT2D eigenvalue weighted by Gasteiger charge is 2.20. The summed E-state index contributed by atoms with van der Waals surface area (Å²) in [5, 5.41) is 3.28. The molecule has 1 aliphatic rings. The largest absolute Gasteiger partial charge is 0.314 e. The molecule has 1 saturated heterocycles. The first-order chi connectivity index (χ1) is 8.16. The average molecular weight is 236 g/mol. The summed E-state index contributed by atoms with van der Waals surface area (Å²) in [6, 6.07) is 6.12. The van der Waals surface area contributed by atoms with Gasteiger partial charge in [-0.15, -0.1) is 0 Å². The first kappa shape index (κ1) is 12.2. The maximum absolute atomic E-state index is 12.7. The molecule has 0 aromatic heterocycles. The second-order valence-electron chi connectivity index (χ2n) is 4.45. The lowest BCUT2D eigenvalue weighted by atomic mass is 10.1. The van der Waals surface area contributed by atoms with Crippen LogP contribution in [0.25, 0.3) is 0 Å². The minimum atomic E-state index is -0.308. The highest BCUT2D eigenvalue weighted by molar-refractivity contribution is 5.97. The van der Waals surface area contributed by atoms with E-state index in [0.29, 0.717) is 18.2 Å². The van der Waals surface area contributed by atoms with Gasteiger partial charge in [-0.25, -0.2) is 4.39 Å². The van der Waals surface area contributed by atoms with Crippen LogP contribution in [0.2, 0.25) is 0 Å². The van der Waals surface area contributed by atoms with Crippen LogP contribution >= 0.6 is 0 Å². The lowest BCUT2D eigenvalue weighted by Gasteiger charge is -2.33. The summed E-state index contributed by atoms with van der Waals surface area (Å²) >= 11 is 0. The molecule has 1 fully saturated rings. The Hall–Kier alpha value is -1.26. The van der Waals surface area contributed by atoms with E-state index in [1.165, 1.54) is 12.1 Å². The molecule has 3 nitrogen and oxygen atoms in total. The number of carbonyl (C=O) groups is 1. The number of carbonyl (C=O) groups excluding carboxylic acids is 1. The van der Waals surface area contributed by atoms with Gasteiger partial charge in [0.2, 0.25) is 0 Å². The van der Waals surface area contributed by atoms with Crippen molar-refractivity contribution in [2.75, 3.05) is 26.2 Å². The van der Waals surface area contributed by atoms with Gasteiger partial charge >= 0.3 is 0 Å². The van der Waals surface area contributed by atoms with Crippen molar-refractivity contribution >= 4 is 5.78 Å². The van der Waals surface area contributed by atoms with Crippen molar-refractivity contribution in [1.82, 2.24) is 10.2 Å². The van der Waals surface area contributed by atoms with Crippen LogP contribution in [-0.2, 0) is 0 Å². The third-order valence-corrected chi connectivity index (χ3v) is 3.15. The molecule has 92 valence electrons. The SMILES string of the molecule is C[C@H]1CNCCN1CC(=O)c1ccc(F)cc1. The molecule has 4 heteroatoms. The van der Waals surface area contributed by atoms with Crippen molar-refractivity contribution in [2.45, 2.75) is 13.0 Å². The molecule has 1 atom stereocenters. The molecular formula is C13H17FN2O. The van der Waals surface area contributed by atoms with Crippen molar-refractivity contribution in [2.24, 2.45) is 0 Å². The van der Waals surface area contributed by atoms with Gasteiger partial charge in [-0.1, -0.05) is 0 Å². The van der Waals surface area contributed by atoms with E-state index in [1.54, 1.807) is 12.1 Å². The zero-order valence-corrected chi connectivity index (χ0v) is 9.95. The Morgan fingerprint density at radius 3 is 2.82 bits per heavy atom.